The van der Waals surface area contributed by atoms with Gasteiger partial charge in [-0.25, -0.2) is 0 Å². The second-order valence-electron chi connectivity index (χ2n) is 9.09. The Balaban J connectivity index is 1.89. The molecule has 2 unspecified atom stereocenters. The predicted molar refractivity (Wildman–Crippen MR) is 130 cm³/mol. The zero-order valence-electron chi connectivity index (χ0n) is 18.2. The minimum atomic E-state index is -0.156. The average Bonchev–Trinajstić information content (AvgIpc) is 2.86. The van der Waals surface area contributed by atoms with Crippen LogP contribution in [0.1, 0.15) is 54.4 Å². The van der Waals surface area contributed by atoms with Crippen molar-refractivity contribution in [1.82, 2.24) is 0 Å². The summed E-state index contributed by atoms with van der Waals surface area (Å²) in [4.78, 5) is 0. The van der Waals surface area contributed by atoms with E-state index in [9.17, 15) is 0 Å². The molecule has 1 aliphatic rings. The van der Waals surface area contributed by atoms with Crippen LogP contribution >= 0.6 is 0 Å². The van der Waals surface area contributed by atoms with Crippen molar-refractivity contribution in [3.63, 3.8) is 0 Å². The maximum absolute atomic E-state index is 2.51. The van der Waals surface area contributed by atoms with Crippen molar-refractivity contribution in [3.8, 4) is 0 Å². The lowest BCUT2D eigenvalue weighted by molar-refractivity contribution is 0.161. The minimum absolute atomic E-state index is 0.0320. The lowest BCUT2D eigenvalue weighted by atomic mass is 9.44. The van der Waals surface area contributed by atoms with Crippen LogP contribution in [0.5, 0.6) is 0 Å². The summed E-state index contributed by atoms with van der Waals surface area (Å²) < 4.78 is 0. The lowest BCUT2D eigenvalue weighted by Gasteiger charge is -2.58. The lowest BCUT2D eigenvalue weighted by Crippen LogP contribution is -2.54. The third-order valence-electron chi connectivity index (χ3n) is 7.63. The maximum Gasteiger partial charge on any atom is 0.0365 e. The number of hydrogen-bond acceptors (Lipinski definition) is 0. The van der Waals surface area contributed by atoms with Crippen molar-refractivity contribution in [1.29, 1.82) is 0 Å². The summed E-state index contributed by atoms with van der Waals surface area (Å²) in [5.41, 5.74) is 5.52. The quantitative estimate of drug-likeness (QED) is 0.325. The minimum Gasteiger partial charge on any atom is -0.0622 e. The smallest absolute Gasteiger partial charge is 0.0365 e. The van der Waals surface area contributed by atoms with Gasteiger partial charge in [-0.05, 0) is 41.0 Å². The van der Waals surface area contributed by atoms with Crippen LogP contribution in [0.15, 0.2) is 121 Å². The Morgan fingerprint density at radius 3 is 1.45 bits per heavy atom. The molecule has 0 heteroatoms. The van der Waals surface area contributed by atoms with Gasteiger partial charge in [-0.1, -0.05) is 135 Å². The Hall–Kier alpha value is -3.12. The normalized spacial score (nSPS) is 22.7. The largest absolute Gasteiger partial charge is 0.0622 e. The highest BCUT2D eigenvalue weighted by molar-refractivity contribution is 5.53. The third-order valence-corrected chi connectivity index (χ3v) is 7.63. The van der Waals surface area contributed by atoms with Crippen LogP contribution in [0, 0.1) is 0 Å². The standard InChI is InChI=1S/C31H30/c1-30(26-17-8-3-9-18-26)24-14-23-29(25-15-6-2-7-16-25)31(30,27-19-10-4-11-20-27)28-21-12-5-13-22-28/h2-13,15-22,29H,14,23-24H2,1H3. The van der Waals surface area contributed by atoms with Crippen LogP contribution in [0.25, 0.3) is 0 Å². The van der Waals surface area contributed by atoms with E-state index in [1.165, 1.54) is 41.5 Å². The summed E-state index contributed by atoms with van der Waals surface area (Å²) in [5, 5.41) is 0. The van der Waals surface area contributed by atoms with Gasteiger partial charge in [0.2, 0.25) is 0 Å². The molecule has 0 N–H and O–H groups in total. The van der Waals surface area contributed by atoms with E-state index in [2.05, 4.69) is 128 Å². The van der Waals surface area contributed by atoms with E-state index in [1.807, 2.05) is 0 Å². The molecule has 1 aliphatic carbocycles. The molecule has 0 heterocycles. The molecule has 0 radical (unpaired) electrons. The van der Waals surface area contributed by atoms with Gasteiger partial charge in [-0.2, -0.15) is 0 Å². The fourth-order valence-electron chi connectivity index (χ4n) is 6.35. The zero-order valence-corrected chi connectivity index (χ0v) is 18.2. The molecule has 0 saturated heterocycles. The molecular weight excluding hydrogens is 372 g/mol. The Labute approximate surface area is 186 Å². The summed E-state index contributed by atoms with van der Waals surface area (Å²) in [7, 11) is 0. The molecule has 1 fully saturated rings. The molecule has 0 spiro atoms. The highest BCUT2D eigenvalue weighted by Gasteiger charge is 2.57. The van der Waals surface area contributed by atoms with Gasteiger partial charge in [0, 0.05) is 10.8 Å². The zero-order chi connectivity index (χ0) is 21.2. The predicted octanol–water partition coefficient (Wildman–Crippen LogP) is 7.90. The van der Waals surface area contributed by atoms with Crippen molar-refractivity contribution in [2.24, 2.45) is 0 Å². The highest BCUT2D eigenvalue weighted by atomic mass is 14.6. The van der Waals surface area contributed by atoms with E-state index in [0.29, 0.717) is 5.92 Å². The maximum atomic E-state index is 2.51. The average molecular weight is 403 g/mol. The van der Waals surface area contributed by atoms with E-state index in [-0.39, 0.29) is 10.8 Å². The van der Waals surface area contributed by atoms with Gasteiger partial charge in [0.25, 0.3) is 0 Å². The number of hydrogen-bond donors (Lipinski definition) is 0. The molecule has 2 atom stereocenters. The van der Waals surface area contributed by atoms with Gasteiger partial charge in [0.15, 0.2) is 0 Å². The Morgan fingerprint density at radius 2 is 0.968 bits per heavy atom. The van der Waals surface area contributed by atoms with Crippen LogP contribution in [-0.4, -0.2) is 0 Å². The molecule has 0 aliphatic heterocycles. The van der Waals surface area contributed by atoms with Crippen molar-refractivity contribution in [2.45, 2.75) is 42.9 Å². The highest BCUT2D eigenvalue weighted by Crippen LogP contribution is 2.62. The Morgan fingerprint density at radius 1 is 0.548 bits per heavy atom. The first-order chi connectivity index (χ1) is 15.3. The van der Waals surface area contributed by atoms with Crippen molar-refractivity contribution >= 4 is 0 Å². The molecule has 1 saturated carbocycles. The second kappa shape index (κ2) is 8.19. The van der Waals surface area contributed by atoms with Crippen molar-refractivity contribution in [3.05, 3.63) is 144 Å². The first-order valence-corrected chi connectivity index (χ1v) is 11.5. The van der Waals surface area contributed by atoms with E-state index < -0.39 is 0 Å². The summed E-state index contributed by atoms with van der Waals surface area (Å²) in [6.07, 6.45) is 3.59. The van der Waals surface area contributed by atoms with Crippen molar-refractivity contribution < 1.29 is 0 Å². The molecule has 31 heavy (non-hydrogen) atoms. The summed E-state index contributed by atoms with van der Waals surface area (Å²) >= 11 is 0. The molecule has 0 amide bonds. The molecule has 0 nitrogen and oxygen atoms in total. The number of benzene rings is 4. The van der Waals surface area contributed by atoms with Crippen LogP contribution in [0.3, 0.4) is 0 Å². The molecule has 0 aromatic heterocycles. The molecule has 0 bridgehead atoms. The van der Waals surface area contributed by atoms with Gasteiger partial charge in [0.1, 0.15) is 0 Å². The van der Waals surface area contributed by atoms with Crippen LogP contribution in [0.4, 0.5) is 0 Å². The fourth-order valence-corrected chi connectivity index (χ4v) is 6.35. The van der Waals surface area contributed by atoms with Gasteiger partial charge in [-0.15, -0.1) is 0 Å². The van der Waals surface area contributed by atoms with Crippen LogP contribution in [0.2, 0.25) is 0 Å². The molecule has 4 aromatic carbocycles. The van der Waals surface area contributed by atoms with Crippen LogP contribution in [-0.2, 0) is 10.8 Å². The number of rotatable bonds is 4. The topological polar surface area (TPSA) is 0 Å². The third kappa shape index (κ3) is 3.13. The van der Waals surface area contributed by atoms with Gasteiger partial charge in [0.05, 0.1) is 0 Å². The van der Waals surface area contributed by atoms with E-state index in [0.717, 1.165) is 0 Å². The van der Waals surface area contributed by atoms with E-state index >= 15 is 0 Å². The van der Waals surface area contributed by atoms with Gasteiger partial charge < -0.3 is 0 Å². The first kappa shape index (κ1) is 19.8. The molecule has 4 aromatic rings. The SMILES string of the molecule is CC1(c2ccccc2)CCCC(c2ccccc2)C1(c1ccccc1)c1ccccc1. The Bertz CT molecular complexity index is 1060. The monoisotopic (exact) mass is 402 g/mol. The van der Waals surface area contributed by atoms with Crippen LogP contribution < -0.4 is 0 Å². The van der Waals surface area contributed by atoms with Gasteiger partial charge >= 0.3 is 0 Å². The van der Waals surface area contributed by atoms with E-state index in [4.69, 9.17) is 0 Å². The first-order valence-electron chi connectivity index (χ1n) is 11.5. The molecular formula is C31H30. The molecule has 154 valence electrons. The van der Waals surface area contributed by atoms with Crippen molar-refractivity contribution in [2.75, 3.05) is 0 Å². The Kier molecular flexibility index (Phi) is 5.24. The summed E-state index contributed by atoms with van der Waals surface area (Å²) in [6, 6.07) is 45.0. The summed E-state index contributed by atoms with van der Waals surface area (Å²) in [5.74, 6) is 0.400. The van der Waals surface area contributed by atoms with E-state index in [1.54, 1.807) is 0 Å². The summed E-state index contributed by atoms with van der Waals surface area (Å²) in [6.45, 7) is 2.51. The molecule has 5 rings (SSSR count). The fraction of sp³-hybridized carbons (Fsp3) is 0.226. The van der Waals surface area contributed by atoms with Gasteiger partial charge in [-0.3, -0.25) is 0 Å². The second-order valence-corrected chi connectivity index (χ2v) is 9.09.